The number of aromatic nitrogens is 1. The zero-order chi connectivity index (χ0) is 21.5. The van der Waals surface area contributed by atoms with Crippen molar-refractivity contribution in [2.75, 3.05) is 39.5 Å². The first-order chi connectivity index (χ1) is 15.8. The van der Waals surface area contributed by atoms with Gasteiger partial charge in [-0.3, -0.25) is 4.98 Å². The molecule has 3 atom stereocenters. The zero-order valence-corrected chi connectivity index (χ0v) is 17.9. The summed E-state index contributed by atoms with van der Waals surface area (Å²) in [6.07, 6.45) is 2.80. The molecule has 0 N–H and O–H groups in total. The molecule has 6 nitrogen and oxygen atoms in total. The van der Waals surface area contributed by atoms with Gasteiger partial charge in [-0.05, 0) is 60.2 Å². The lowest BCUT2D eigenvalue weighted by Gasteiger charge is -2.21. The third-order valence-electron chi connectivity index (χ3n) is 7.03. The van der Waals surface area contributed by atoms with E-state index in [1.54, 1.807) is 12.3 Å². The van der Waals surface area contributed by atoms with Gasteiger partial charge in [0.25, 0.3) is 0 Å². The van der Waals surface area contributed by atoms with Gasteiger partial charge in [-0.2, -0.15) is 5.26 Å². The summed E-state index contributed by atoms with van der Waals surface area (Å²) in [6.45, 7) is 5.38. The minimum absolute atomic E-state index is 0.628. The maximum atomic E-state index is 9.19. The van der Waals surface area contributed by atoms with Gasteiger partial charge >= 0.3 is 0 Å². The zero-order valence-electron chi connectivity index (χ0n) is 17.9. The van der Waals surface area contributed by atoms with Crippen molar-refractivity contribution in [2.45, 2.75) is 6.42 Å². The molecule has 3 heterocycles. The van der Waals surface area contributed by atoms with Gasteiger partial charge in [0.15, 0.2) is 11.5 Å². The number of hydrogen-bond acceptors (Lipinski definition) is 6. The van der Waals surface area contributed by atoms with Gasteiger partial charge in [-0.25, -0.2) is 0 Å². The fourth-order valence-corrected chi connectivity index (χ4v) is 5.20. The van der Waals surface area contributed by atoms with Gasteiger partial charge in [-0.1, -0.05) is 6.07 Å². The van der Waals surface area contributed by atoms with E-state index in [2.05, 4.69) is 28.1 Å². The summed E-state index contributed by atoms with van der Waals surface area (Å²) in [7, 11) is 0. The second kappa shape index (κ2) is 7.99. The minimum atomic E-state index is 0.628. The molecule has 1 saturated heterocycles. The lowest BCUT2D eigenvalue weighted by atomic mass is 10.1. The molecule has 1 saturated carbocycles. The van der Waals surface area contributed by atoms with Crippen molar-refractivity contribution in [1.82, 2.24) is 9.88 Å². The number of ether oxygens (including phenoxy) is 3. The molecular formula is C26H25N3O3. The molecule has 6 heteroatoms. The van der Waals surface area contributed by atoms with Crippen LogP contribution < -0.4 is 14.2 Å². The Kier molecular flexibility index (Phi) is 4.84. The molecule has 32 heavy (non-hydrogen) atoms. The van der Waals surface area contributed by atoms with Crippen LogP contribution in [0.1, 0.15) is 11.1 Å². The fraction of sp³-hybridized carbons (Fsp3) is 0.385. The average Bonchev–Trinajstić information content (AvgIpc) is 3.29. The van der Waals surface area contributed by atoms with Gasteiger partial charge in [0.2, 0.25) is 0 Å². The van der Waals surface area contributed by atoms with Crippen molar-refractivity contribution in [3.63, 3.8) is 0 Å². The first-order valence-corrected chi connectivity index (χ1v) is 11.3. The Morgan fingerprint density at radius 2 is 1.88 bits per heavy atom. The number of pyridine rings is 1. The van der Waals surface area contributed by atoms with E-state index in [0.29, 0.717) is 24.7 Å². The number of rotatable bonds is 6. The van der Waals surface area contributed by atoms with Crippen molar-refractivity contribution in [1.29, 1.82) is 5.26 Å². The SMILES string of the molecule is N#Cc1ccc2nccc(OCC3[C@H]4CN(CCc5ccc6c(c5)OCCO6)C[C@@H]34)c2c1. The summed E-state index contributed by atoms with van der Waals surface area (Å²) in [6, 6.07) is 15.9. The van der Waals surface area contributed by atoms with Crippen LogP contribution in [0.15, 0.2) is 48.7 Å². The van der Waals surface area contributed by atoms with Crippen molar-refractivity contribution >= 4 is 10.9 Å². The van der Waals surface area contributed by atoms with Crippen LogP contribution in [0.3, 0.4) is 0 Å². The lowest BCUT2D eigenvalue weighted by molar-refractivity contribution is 0.171. The van der Waals surface area contributed by atoms with Gasteiger partial charge in [-0.15, -0.1) is 0 Å². The van der Waals surface area contributed by atoms with Crippen molar-refractivity contribution in [2.24, 2.45) is 17.8 Å². The Morgan fingerprint density at radius 1 is 1.03 bits per heavy atom. The van der Waals surface area contributed by atoms with E-state index >= 15 is 0 Å². The Bertz CT molecular complexity index is 1190. The lowest BCUT2D eigenvalue weighted by Crippen LogP contribution is -2.28. The van der Waals surface area contributed by atoms with E-state index in [1.807, 2.05) is 24.3 Å². The molecule has 1 unspecified atom stereocenters. The van der Waals surface area contributed by atoms with Crippen molar-refractivity contribution in [3.8, 4) is 23.3 Å². The summed E-state index contributed by atoms with van der Waals surface area (Å²) in [5.41, 5.74) is 2.80. The monoisotopic (exact) mass is 427 g/mol. The van der Waals surface area contributed by atoms with E-state index in [4.69, 9.17) is 14.2 Å². The summed E-state index contributed by atoms with van der Waals surface area (Å²) in [5.74, 6) is 4.66. The molecule has 162 valence electrons. The molecule has 2 aromatic carbocycles. The molecule has 0 bridgehead atoms. The highest BCUT2D eigenvalue weighted by Gasteiger charge is 2.55. The molecule has 3 aromatic rings. The first-order valence-electron chi connectivity index (χ1n) is 11.3. The molecule has 0 amide bonds. The predicted octanol–water partition coefficient (Wildman–Crippen LogP) is 3.68. The van der Waals surface area contributed by atoms with Crippen molar-refractivity contribution in [3.05, 3.63) is 59.8 Å². The number of likely N-dealkylation sites (tertiary alicyclic amines) is 1. The van der Waals surface area contributed by atoms with E-state index < -0.39 is 0 Å². The quantitative estimate of drug-likeness (QED) is 0.598. The normalized spacial score (nSPS) is 23.5. The van der Waals surface area contributed by atoms with Crippen molar-refractivity contribution < 1.29 is 14.2 Å². The van der Waals surface area contributed by atoms with E-state index in [0.717, 1.165) is 72.6 Å². The Labute approximate surface area is 187 Å². The molecule has 1 aromatic heterocycles. The third kappa shape index (κ3) is 3.63. The standard InChI is InChI=1S/C26H25N3O3/c27-13-18-1-3-23-19(11-18)24(5-7-28-23)32-16-22-20-14-29(15-21(20)22)8-6-17-2-4-25-26(12-17)31-10-9-30-25/h1-5,7,11-12,20-22H,6,8-10,14-16H2/t20-,21+,22?. The van der Waals surface area contributed by atoms with Crippen LogP contribution in [0.2, 0.25) is 0 Å². The molecule has 6 rings (SSSR count). The number of nitrogens with zero attached hydrogens (tertiary/aromatic N) is 3. The van der Waals surface area contributed by atoms with Gasteiger partial charge in [0.1, 0.15) is 19.0 Å². The van der Waals surface area contributed by atoms with Crippen LogP contribution in [0.5, 0.6) is 17.2 Å². The number of piperidine rings is 1. The van der Waals surface area contributed by atoms with E-state index in [1.165, 1.54) is 5.56 Å². The van der Waals surface area contributed by atoms with Crippen LogP contribution >= 0.6 is 0 Å². The Morgan fingerprint density at radius 3 is 2.72 bits per heavy atom. The number of benzene rings is 2. The highest BCUT2D eigenvalue weighted by Crippen LogP contribution is 2.51. The molecule has 1 aliphatic carbocycles. The van der Waals surface area contributed by atoms with Crippen LogP contribution in [0.25, 0.3) is 10.9 Å². The Hall–Kier alpha value is -3.30. The van der Waals surface area contributed by atoms with Gasteiger partial charge in [0.05, 0.1) is 23.8 Å². The third-order valence-corrected chi connectivity index (χ3v) is 7.03. The second-order valence-corrected chi connectivity index (χ2v) is 8.94. The highest BCUT2D eigenvalue weighted by atomic mass is 16.6. The van der Waals surface area contributed by atoms with E-state index in [-0.39, 0.29) is 0 Å². The first kappa shape index (κ1) is 19.4. The molecular weight excluding hydrogens is 402 g/mol. The van der Waals surface area contributed by atoms with Crippen LogP contribution in [0.4, 0.5) is 0 Å². The van der Waals surface area contributed by atoms with Crippen LogP contribution in [-0.2, 0) is 6.42 Å². The summed E-state index contributed by atoms with van der Waals surface area (Å²) in [5, 5.41) is 10.1. The molecule has 0 radical (unpaired) electrons. The van der Waals surface area contributed by atoms with E-state index in [9.17, 15) is 5.26 Å². The summed E-state index contributed by atoms with van der Waals surface area (Å²) in [4.78, 5) is 6.96. The molecule has 3 aliphatic rings. The molecule has 2 fully saturated rings. The summed E-state index contributed by atoms with van der Waals surface area (Å²) >= 11 is 0. The molecule has 0 spiro atoms. The van der Waals surface area contributed by atoms with Gasteiger partial charge < -0.3 is 19.1 Å². The Balaban J connectivity index is 1.01. The smallest absolute Gasteiger partial charge is 0.161 e. The van der Waals surface area contributed by atoms with Crippen LogP contribution in [0, 0.1) is 29.1 Å². The number of fused-ring (bicyclic) bond motifs is 3. The highest BCUT2D eigenvalue weighted by molar-refractivity contribution is 5.86. The van der Waals surface area contributed by atoms with Gasteiger partial charge in [0, 0.05) is 37.1 Å². The fourth-order valence-electron chi connectivity index (χ4n) is 5.20. The number of nitriles is 1. The second-order valence-electron chi connectivity index (χ2n) is 8.94. The predicted molar refractivity (Wildman–Crippen MR) is 120 cm³/mol. The molecule has 2 aliphatic heterocycles. The minimum Gasteiger partial charge on any atom is -0.493 e. The van der Waals surface area contributed by atoms with Crippen LogP contribution in [-0.4, -0.2) is 49.3 Å². The largest absolute Gasteiger partial charge is 0.493 e. The topological polar surface area (TPSA) is 67.6 Å². The summed E-state index contributed by atoms with van der Waals surface area (Å²) < 4.78 is 17.5. The number of hydrogen-bond donors (Lipinski definition) is 0. The maximum Gasteiger partial charge on any atom is 0.161 e. The maximum absolute atomic E-state index is 9.19. The average molecular weight is 428 g/mol.